The fourth-order valence-corrected chi connectivity index (χ4v) is 11.9. The number of oxime groups is 1. The topological polar surface area (TPSA) is 227 Å². The van der Waals surface area contributed by atoms with Gasteiger partial charge in [-0.2, -0.15) is 5.26 Å². The molecule has 0 unspecified atom stereocenters. The molecule has 18 heteroatoms. The van der Waals surface area contributed by atoms with Crippen molar-refractivity contribution >= 4 is 11.7 Å². The third-order valence-corrected chi connectivity index (χ3v) is 16.5. The first-order valence-corrected chi connectivity index (χ1v) is 27.2. The van der Waals surface area contributed by atoms with Gasteiger partial charge in [-0.05, 0) is 116 Å². The number of ether oxygens (including phenoxy) is 5. The number of hydrogen-bond acceptors (Lipinski definition) is 17. The Morgan fingerprint density at radius 2 is 1.56 bits per heavy atom. The zero-order valence-corrected chi connectivity index (χ0v) is 46.3. The number of rotatable bonds is 13. The first-order chi connectivity index (χ1) is 35.5. The number of aromatic nitrogens is 3. The van der Waals surface area contributed by atoms with E-state index in [4.69, 9.17) is 33.8 Å². The Labute approximate surface area is 444 Å². The third-order valence-electron chi connectivity index (χ3n) is 16.5. The normalized spacial score (nSPS) is 37.7. The SMILES string of the molecule is CC[C@H]1OC(=O)[C@H](C)[C@@H](O[C@H]2C[C@H](C)[C@@H](O)[C@H](C)O2)[C@H](C)[C@@H](O[C@H]2C[C@@H](N(C)CCc3cn(C[C@H]4CC(c5ccc(-c6ccc(C#N)cc6)cc5)=NO4)nn3)C[C@@H](C)O2)[C@](C)(O)C[C@@H](C)CN(C)[C@H](C)[C@@H](O)[C@]1(C)O. The molecule has 0 spiro atoms. The number of cyclic esters (lactones) is 1. The van der Waals surface area contributed by atoms with Crippen molar-refractivity contribution in [3.63, 3.8) is 0 Å². The molecule has 4 aliphatic rings. The highest BCUT2D eigenvalue weighted by Gasteiger charge is 2.50. The molecule has 3 fully saturated rings. The molecule has 3 aromatic rings. The number of likely N-dealkylation sites (N-methyl/N-ethyl adjacent to an activating group) is 2. The summed E-state index contributed by atoms with van der Waals surface area (Å²) in [6, 6.07) is 17.4. The molecule has 0 saturated carbocycles. The van der Waals surface area contributed by atoms with E-state index in [-0.39, 0.29) is 42.9 Å². The van der Waals surface area contributed by atoms with Crippen LogP contribution in [-0.2, 0) is 46.3 Å². The maximum Gasteiger partial charge on any atom is 0.311 e. The van der Waals surface area contributed by atoms with E-state index in [1.807, 2.05) is 93.8 Å². The molecule has 5 heterocycles. The van der Waals surface area contributed by atoms with Gasteiger partial charge < -0.3 is 58.7 Å². The molecular formula is C57H85N7O11. The average Bonchev–Trinajstić information content (AvgIpc) is 4.05. The Morgan fingerprint density at radius 1 is 0.907 bits per heavy atom. The van der Waals surface area contributed by atoms with Crippen LogP contribution in [0.4, 0.5) is 0 Å². The zero-order chi connectivity index (χ0) is 54.5. The molecule has 0 radical (unpaired) electrons. The molecule has 0 bridgehead atoms. The molecule has 2 aromatic carbocycles. The lowest BCUT2D eigenvalue weighted by Crippen LogP contribution is -2.59. The lowest BCUT2D eigenvalue weighted by molar-refractivity contribution is -0.290. The minimum atomic E-state index is -1.79. The molecule has 7 rings (SSSR count). The van der Waals surface area contributed by atoms with E-state index in [0.29, 0.717) is 50.9 Å². The van der Waals surface area contributed by atoms with E-state index in [1.54, 1.807) is 27.7 Å². The number of benzene rings is 2. The van der Waals surface area contributed by atoms with Crippen LogP contribution < -0.4 is 0 Å². The lowest BCUT2D eigenvalue weighted by atomic mass is 9.77. The Bertz CT molecular complexity index is 2380. The Kier molecular flexibility index (Phi) is 19.4. The van der Waals surface area contributed by atoms with Crippen molar-refractivity contribution in [1.29, 1.82) is 5.26 Å². The highest BCUT2D eigenvalue weighted by Crippen LogP contribution is 2.39. The second-order valence-electron chi connectivity index (χ2n) is 23.0. The van der Waals surface area contributed by atoms with Crippen LogP contribution in [0.15, 0.2) is 59.9 Å². The van der Waals surface area contributed by atoms with Crippen LogP contribution in [0.3, 0.4) is 0 Å². The van der Waals surface area contributed by atoms with Gasteiger partial charge in [-0.15, -0.1) is 5.10 Å². The number of hydrogen-bond donors (Lipinski definition) is 4. The van der Waals surface area contributed by atoms with Gasteiger partial charge in [0.25, 0.3) is 0 Å². The van der Waals surface area contributed by atoms with Gasteiger partial charge in [-0.1, -0.05) is 74.5 Å². The summed E-state index contributed by atoms with van der Waals surface area (Å²) < 4.78 is 34.6. The van der Waals surface area contributed by atoms with E-state index in [1.165, 1.54) is 6.92 Å². The van der Waals surface area contributed by atoms with Crippen LogP contribution in [-0.4, -0.2) is 169 Å². The second-order valence-corrected chi connectivity index (χ2v) is 23.0. The quantitative estimate of drug-likeness (QED) is 0.142. The van der Waals surface area contributed by atoms with E-state index in [0.717, 1.165) is 34.5 Å². The van der Waals surface area contributed by atoms with Crippen LogP contribution in [0, 0.1) is 35.0 Å². The maximum absolute atomic E-state index is 14.4. The fourth-order valence-electron chi connectivity index (χ4n) is 11.9. The number of aliphatic hydroxyl groups excluding tert-OH is 2. The molecule has 3 saturated heterocycles. The predicted molar refractivity (Wildman–Crippen MR) is 282 cm³/mol. The number of carbonyl (C=O) groups excluding carboxylic acids is 1. The molecule has 0 aliphatic carbocycles. The summed E-state index contributed by atoms with van der Waals surface area (Å²) in [5.41, 5.74) is 2.17. The lowest BCUT2D eigenvalue weighted by Gasteiger charge is -2.47. The zero-order valence-electron chi connectivity index (χ0n) is 46.3. The summed E-state index contributed by atoms with van der Waals surface area (Å²) in [6.45, 7) is 20.0. The van der Waals surface area contributed by atoms with Gasteiger partial charge in [0, 0.05) is 63.0 Å². The van der Waals surface area contributed by atoms with Gasteiger partial charge in [-0.3, -0.25) is 4.79 Å². The van der Waals surface area contributed by atoms with Gasteiger partial charge in [0.15, 0.2) is 18.7 Å². The third kappa shape index (κ3) is 14.2. The van der Waals surface area contributed by atoms with E-state index in [2.05, 4.69) is 45.6 Å². The van der Waals surface area contributed by atoms with Crippen LogP contribution >= 0.6 is 0 Å². The molecule has 0 amide bonds. The van der Waals surface area contributed by atoms with E-state index >= 15 is 0 Å². The minimum Gasteiger partial charge on any atom is -0.459 e. The summed E-state index contributed by atoms with van der Waals surface area (Å²) >= 11 is 0. The number of esters is 1. The van der Waals surface area contributed by atoms with E-state index in [9.17, 15) is 25.2 Å². The summed E-state index contributed by atoms with van der Waals surface area (Å²) in [4.78, 5) is 24.5. The molecule has 75 heavy (non-hydrogen) atoms. The maximum atomic E-state index is 14.4. The van der Waals surface area contributed by atoms with Crippen molar-refractivity contribution in [3.8, 4) is 17.2 Å². The predicted octanol–water partition coefficient (Wildman–Crippen LogP) is 6.10. The Balaban J connectivity index is 1.03. The number of nitrogens with zero attached hydrogens (tertiary/aromatic N) is 7. The van der Waals surface area contributed by atoms with Gasteiger partial charge in [0.1, 0.15) is 17.8 Å². The van der Waals surface area contributed by atoms with Crippen molar-refractivity contribution in [2.75, 3.05) is 27.2 Å². The molecule has 18 atom stereocenters. The largest absolute Gasteiger partial charge is 0.459 e. The van der Waals surface area contributed by atoms with Gasteiger partial charge in [-0.25, -0.2) is 4.68 Å². The summed E-state index contributed by atoms with van der Waals surface area (Å²) in [6.07, 6.45) is -1.83. The van der Waals surface area contributed by atoms with Crippen molar-refractivity contribution in [2.24, 2.45) is 28.8 Å². The van der Waals surface area contributed by atoms with Crippen molar-refractivity contribution in [3.05, 3.63) is 71.5 Å². The molecule has 4 aliphatic heterocycles. The first kappa shape index (κ1) is 58.3. The molecule has 414 valence electrons. The van der Waals surface area contributed by atoms with Gasteiger partial charge >= 0.3 is 5.97 Å². The van der Waals surface area contributed by atoms with Gasteiger partial charge in [0.2, 0.25) is 0 Å². The Morgan fingerprint density at radius 3 is 2.21 bits per heavy atom. The van der Waals surface area contributed by atoms with E-state index < -0.39 is 84.3 Å². The van der Waals surface area contributed by atoms with Crippen LogP contribution in [0.2, 0.25) is 0 Å². The number of aliphatic hydroxyl groups is 4. The standard InChI is InChI=1S/C57H85N7O11/c1-13-48-57(10,69)53(66)38(7)63(12)30-33(2)28-56(9,68)54(36(5)52(37(6)55(67)72-48)73-49-24-34(3)51(65)39(8)71-49)74-50-26-45(25-35(4)70-50)62(11)23-22-44-31-64(61-59-44)32-46-27-47(60-75-46)43-20-18-42(19-21-43)41-16-14-40(29-58)15-17-41/h14-21,31,33-39,45-46,48-54,65-66,68-69H,13,22-28,30,32H2,1-12H3/t33-,34+,35-,36+,37-,38-,39+,45+,46-,48-,49+,50+,51-,52+,53-,54-,56-,57-/m1/s1. The first-order valence-electron chi connectivity index (χ1n) is 27.2. The smallest absolute Gasteiger partial charge is 0.311 e. The molecular weight excluding hydrogens is 959 g/mol. The number of nitriles is 1. The van der Waals surface area contributed by atoms with Crippen molar-refractivity contribution in [2.45, 2.75) is 205 Å². The molecule has 1 aromatic heterocycles. The monoisotopic (exact) mass is 1040 g/mol. The minimum absolute atomic E-state index is 0.0576. The molecule has 4 N–H and O–H groups in total. The fraction of sp³-hybridized carbons (Fsp3) is 0.702. The Hall–Kier alpha value is -4.39. The average molecular weight is 1040 g/mol. The van der Waals surface area contributed by atoms with Crippen molar-refractivity contribution < 1.29 is 53.7 Å². The van der Waals surface area contributed by atoms with Crippen LogP contribution in [0.5, 0.6) is 0 Å². The highest BCUT2D eigenvalue weighted by molar-refractivity contribution is 6.01. The second kappa shape index (κ2) is 24.9. The van der Waals surface area contributed by atoms with Crippen LogP contribution in [0.1, 0.15) is 125 Å². The summed E-state index contributed by atoms with van der Waals surface area (Å²) in [5, 5.41) is 69.6. The summed E-state index contributed by atoms with van der Waals surface area (Å²) in [5.74, 6) is -2.49. The molecule has 18 nitrogen and oxygen atoms in total. The van der Waals surface area contributed by atoms with Crippen molar-refractivity contribution in [1.82, 2.24) is 24.8 Å². The number of carbonyl (C=O) groups is 1. The summed E-state index contributed by atoms with van der Waals surface area (Å²) in [7, 11) is 3.97. The highest BCUT2D eigenvalue weighted by atomic mass is 16.7. The van der Waals surface area contributed by atoms with Gasteiger partial charge in [0.05, 0.1) is 71.6 Å². The van der Waals surface area contributed by atoms with Crippen LogP contribution in [0.25, 0.3) is 11.1 Å².